The van der Waals surface area contributed by atoms with Crippen LogP contribution in [0, 0.1) is 0 Å². The molecule has 5 aliphatic rings. The molecule has 3 amide bonds. The lowest BCUT2D eigenvalue weighted by atomic mass is 9.88. The minimum atomic E-state index is -3.07. The Balaban J connectivity index is 1.41. The van der Waals surface area contributed by atoms with Crippen molar-refractivity contribution in [1.82, 2.24) is 16.0 Å². The van der Waals surface area contributed by atoms with Gasteiger partial charge in [-0.2, -0.15) is 0 Å². The fraction of sp³-hybridized carbons (Fsp3) is 0.911. The van der Waals surface area contributed by atoms with E-state index >= 15 is 0 Å². The first-order valence-corrected chi connectivity index (χ1v) is 25.5. The summed E-state index contributed by atoms with van der Waals surface area (Å²) in [6.45, 7) is -2.59. The Kier molecular flexibility index (Phi) is 25.1. The highest BCUT2D eigenvalue weighted by atomic mass is 16.8. The maximum Gasteiger partial charge on any atom is 0.364 e. The van der Waals surface area contributed by atoms with E-state index in [2.05, 4.69) is 16.0 Å². The average molecular weight is 1190 g/mol. The summed E-state index contributed by atoms with van der Waals surface area (Å²) in [6, 6.07) is -5.31. The molecule has 36 heteroatoms. The van der Waals surface area contributed by atoms with Gasteiger partial charge in [0.15, 0.2) is 25.2 Å². The van der Waals surface area contributed by atoms with Crippen molar-refractivity contribution in [3.05, 3.63) is 0 Å². The minimum Gasteiger partial charge on any atom is -0.477 e. The first kappa shape index (κ1) is 68.5. The number of amides is 3. The van der Waals surface area contributed by atoms with Gasteiger partial charge in [0.2, 0.25) is 17.7 Å². The molecule has 5 rings (SSSR count). The molecule has 22 N–H and O–H groups in total. The van der Waals surface area contributed by atoms with Gasteiger partial charge in [0, 0.05) is 27.2 Å². The number of carboxylic acid groups (broad SMARTS) is 1. The number of rotatable bonds is 25. The Morgan fingerprint density at radius 1 is 0.568 bits per heavy atom. The molecule has 0 unspecified atom stereocenters. The molecule has 0 saturated carbocycles. The number of aliphatic hydroxyl groups is 18. The largest absolute Gasteiger partial charge is 0.477 e. The van der Waals surface area contributed by atoms with Crippen LogP contribution >= 0.6 is 0 Å². The predicted octanol–water partition coefficient (Wildman–Crippen LogP) is -13.8. The molecule has 0 aliphatic carbocycles. The van der Waals surface area contributed by atoms with Crippen LogP contribution in [0.15, 0.2) is 0 Å². The van der Waals surface area contributed by atoms with Crippen molar-refractivity contribution < 1.29 is 164 Å². The quantitative estimate of drug-likeness (QED) is 0.0404. The molecular weight excluding hydrogens is 1110 g/mol. The van der Waals surface area contributed by atoms with Gasteiger partial charge in [-0.05, 0) is 6.92 Å². The lowest BCUT2D eigenvalue weighted by Crippen LogP contribution is -2.70. The van der Waals surface area contributed by atoms with Gasteiger partial charge in [0.25, 0.3) is 5.79 Å². The number of ether oxygens (including phenoxy) is 10. The van der Waals surface area contributed by atoms with E-state index in [1.165, 1.54) is 6.92 Å². The number of carboxylic acids is 1. The zero-order chi connectivity index (χ0) is 60.7. The number of carbonyl (C=O) groups is 4. The molecule has 81 heavy (non-hydrogen) atoms. The van der Waals surface area contributed by atoms with Gasteiger partial charge in [0.05, 0.1) is 63.9 Å². The van der Waals surface area contributed by atoms with Crippen molar-refractivity contribution in [2.75, 3.05) is 39.6 Å². The van der Waals surface area contributed by atoms with Crippen LogP contribution in [-0.4, -0.2) is 344 Å². The summed E-state index contributed by atoms with van der Waals surface area (Å²) < 4.78 is 57.1. The molecule has 5 saturated heterocycles. The number of aliphatic hydroxyl groups excluding tert-OH is 18. The monoisotopic (exact) mass is 1190 g/mol. The van der Waals surface area contributed by atoms with E-state index < -0.39 is 253 Å². The predicted molar refractivity (Wildman–Crippen MR) is 252 cm³/mol. The minimum absolute atomic E-state index is 0.813. The third-order valence-corrected chi connectivity index (χ3v) is 14.2. The normalized spacial score (nSPS) is 42.6. The van der Waals surface area contributed by atoms with Crippen molar-refractivity contribution in [3.8, 4) is 0 Å². The van der Waals surface area contributed by atoms with E-state index in [-0.39, 0.29) is 0 Å². The van der Waals surface area contributed by atoms with Gasteiger partial charge in [-0.1, -0.05) is 0 Å². The fourth-order valence-electron chi connectivity index (χ4n) is 9.84. The molecule has 0 radical (unpaired) electrons. The molecule has 470 valence electrons. The highest BCUT2D eigenvalue weighted by Crippen LogP contribution is 2.37. The highest BCUT2D eigenvalue weighted by Gasteiger charge is 2.59. The van der Waals surface area contributed by atoms with E-state index in [9.17, 15) is 116 Å². The summed E-state index contributed by atoms with van der Waals surface area (Å²) in [5.41, 5.74) is 0. The van der Waals surface area contributed by atoms with Gasteiger partial charge in [-0.15, -0.1) is 0 Å². The van der Waals surface area contributed by atoms with Gasteiger partial charge in [-0.25, -0.2) is 4.79 Å². The van der Waals surface area contributed by atoms with Crippen LogP contribution in [0.25, 0.3) is 0 Å². The molecule has 5 aliphatic heterocycles. The standard InChI is InChI=1S/C45H77N3O33/c1-12-25(60)31(66)33(68)41(73-12)80-39-32(67)28(63)20(8-51)75-43(39)78-36-22(10-53)76-40(24(30(36)65)48-15(4)56)79-38-29(64)21(9-52)74-42(34(38)69)77-35(16(6-49)46-13(2)54)27(62)19(59)11-72-45(44(70)71)5-17(57)23(47-14(3)55)37(81-45)26(61)18(58)7-50/h12,16-43,49-53,57-69H,5-11H2,1-4H3,(H,46,54)(H,47,55)(H,48,56)(H,70,71)/t12-,16-,17-,18+,19+,20+,21+,22+,23+,24+,25+,26+,27-,28-,29-,30+,31+,32-,33-,34+,35+,36+,37+,38-,39+,40-,41-,42-,43-,45+/m0/s1. The van der Waals surface area contributed by atoms with Gasteiger partial charge >= 0.3 is 5.97 Å². The molecule has 30 atom stereocenters. The summed E-state index contributed by atoms with van der Waals surface area (Å²) in [4.78, 5) is 49.8. The van der Waals surface area contributed by atoms with Crippen molar-refractivity contribution in [3.63, 3.8) is 0 Å². The number of aliphatic carboxylic acids is 1. The first-order chi connectivity index (χ1) is 38.0. The van der Waals surface area contributed by atoms with Crippen LogP contribution < -0.4 is 16.0 Å². The lowest BCUT2D eigenvalue weighted by molar-refractivity contribution is -0.389. The van der Waals surface area contributed by atoms with Crippen LogP contribution in [-0.2, 0) is 66.5 Å². The third-order valence-electron chi connectivity index (χ3n) is 14.2. The van der Waals surface area contributed by atoms with Gasteiger partial charge in [-0.3, -0.25) is 14.4 Å². The maximum absolute atomic E-state index is 12.8. The van der Waals surface area contributed by atoms with Gasteiger partial charge in [0.1, 0.15) is 128 Å². The molecule has 5 fully saturated rings. The molecule has 0 spiro atoms. The maximum atomic E-state index is 12.8. The summed E-state index contributed by atoms with van der Waals surface area (Å²) in [7, 11) is 0. The topological polar surface area (TPSA) is 581 Å². The molecule has 0 aromatic heterocycles. The number of hydrogen-bond donors (Lipinski definition) is 22. The lowest BCUT2D eigenvalue weighted by Gasteiger charge is -2.50. The first-order valence-electron chi connectivity index (χ1n) is 25.5. The van der Waals surface area contributed by atoms with Crippen LogP contribution in [0.4, 0.5) is 0 Å². The second-order valence-corrected chi connectivity index (χ2v) is 20.2. The van der Waals surface area contributed by atoms with Crippen LogP contribution in [0.3, 0.4) is 0 Å². The molecule has 0 bridgehead atoms. The van der Waals surface area contributed by atoms with Crippen molar-refractivity contribution in [1.29, 1.82) is 0 Å². The summed E-state index contributed by atoms with van der Waals surface area (Å²) in [5, 5.41) is 211. The Hall–Kier alpha value is -3.24. The zero-order valence-electron chi connectivity index (χ0n) is 43.9. The van der Waals surface area contributed by atoms with Crippen LogP contribution in [0.2, 0.25) is 0 Å². The van der Waals surface area contributed by atoms with Crippen LogP contribution in [0.5, 0.6) is 0 Å². The Morgan fingerprint density at radius 2 is 1.12 bits per heavy atom. The molecule has 36 nitrogen and oxygen atoms in total. The summed E-state index contributed by atoms with van der Waals surface area (Å²) >= 11 is 0. The molecule has 5 heterocycles. The Morgan fingerprint density at radius 3 is 1.68 bits per heavy atom. The van der Waals surface area contributed by atoms with Crippen molar-refractivity contribution in [2.45, 2.75) is 217 Å². The van der Waals surface area contributed by atoms with Gasteiger partial charge < -0.3 is 160 Å². The van der Waals surface area contributed by atoms with E-state index in [1.54, 1.807) is 0 Å². The van der Waals surface area contributed by atoms with Crippen LogP contribution in [0.1, 0.15) is 34.1 Å². The zero-order valence-corrected chi connectivity index (χ0v) is 43.9. The summed E-state index contributed by atoms with van der Waals surface area (Å²) in [5.74, 6) is -7.72. The van der Waals surface area contributed by atoms with Crippen molar-refractivity contribution in [2.24, 2.45) is 0 Å². The second kappa shape index (κ2) is 29.7. The number of hydrogen-bond acceptors (Lipinski definition) is 32. The number of nitrogens with one attached hydrogen (secondary N) is 3. The number of carbonyl (C=O) groups excluding carboxylic acids is 3. The highest BCUT2D eigenvalue weighted by molar-refractivity contribution is 5.77. The smallest absolute Gasteiger partial charge is 0.364 e. The SMILES string of the molecule is CC(=O)N[C@H]1[C@H](O[C@H]2[C@@H](O)[C@@H](CO)O[C@@H](O[C@@H]([C@@H](O)[C@H](O)CO[C@]3(C(=O)O)C[C@H](O)[C@@H](NC(C)=O)[C@H]([C@H](O)[C@H](O)CO)O3)[C@H](CO)NC(C)=O)[C@@H]2O)O[C@H](CO)[C@@H](O[C@@H]2O[C@H](CO)[C@H](O)[C@H](O)[C@H]2O[C@@H]2O[C@@H](C)[C@@H](O)[C@@H](O)[C@@H]2O)[C@@H]1O. The van der Waals surface area contributed by atoms with Crippen molar-refractivity contribution >= 4 is 23.7 Å². The molecule has 0 aromatic rings. The molecular formula is C45H77N3O33. The second-order valence-electron chi connectivity index (χ2n) is 20.2. The van der Waals surface area contributed by atoms with E-state index in [0.29, 0.717) is 0 Å². The third kappa shape index (κ3) is 15.8. The Labute approximate surface area is 459 Å². The summed E-state index contributed by atoms with van der Waals surface area (Å²) in [6.07, 6.45) is -53.1. The Bertz CT molecular complexity index is 2020. The molecule has 0 aromatic carbocycles. The van der Waals surface area contributed by atoms with E-state index in [0.717, 1.165) is 20.8 Å². The average Bonchev–Trinajstić information content (AvgIpc) is 3.57. The fourth-order valence-corrected chi connectivity index (χ4v) is 9.84. The van der Waals surface area contributed by atoms with E-state index in [4.69, 9.17) is 47.4 Å². The van der Waals surface area contributed by atoms with E-state index in [1.807, 2.05) is 0 Å².